The second kappa shape index (κ2) is 6.60. The smallest absolute Gasteiger partial charge is 0.265 e. The molecule has 0 spiro atoms. The molecule has 1 aromatic rings. The number of Topliss-reactive ketones (excluding diaryl/α,β-unsaturated/α-hetero) is 1. The summed E-state index contributed by atoms with van der Waals surface area (Å²) in [6.45, 7) is 5.07. The van der Waals surface area contributed by atoms with E-state index >= 15 is 0 Å². The van der Waals surface area contributed by atoms with Crippen molar-refractivity contribution in [3.8, 4) is 5.75 Å². The van der Waals surface area contributed by atoms with E-state index in [2.05, 4.69) is 0 Å². The molecule has 1 unspecified atom stereocenters. The summed E-state index contributed by atoms with van der Waals surface area (Å²) in [4.78, 5) is 39.9. The first-order chi connectivity index (χ1) is 11.5. The van der Waals surface area contributed by atoms with Crippen molar-refractivity contribution in [2.24, 2.45) is 0 Å². The van der Waals surface area contributed by atoms with Gasteiger partial charge in [0.1, 0.15) is 11.8 Å². The molecule has 2 heterocycles. The standard InChI is InChI=1S/C17H20N2O5/c1-11(17(22)18-5-7-23-8-6-18)19-14-9-13(12(2)20)3-4-15(14)24-10-16(19)21/h3-4,9,11H,5-8,10H2,1-2H3. The monoisotopic (exact) mass is 332 g/mol. The number of carbonyl (C=O) groups is 3. The van der Waals surface area contributed by atoms with Crippen molar-refractivity contribution >= 4 is 23.3 Å². The van der Waals surface area contributed by atoms with E-state index in [0.717, 1.165) is 0 Å². The number of morpholine rings is 1. The van der Waals surface area contributed by atoms with Crippen LogP contribution in [0.1, 0.15) is 24.2 Å². The van der Waals surface area contributed by atoms with Crippen LogP contribution in [0.2, 0.25) is 0 Å². The quantitative estimate of drug-likeness (QED) is 0.768. The maximum atomic E-state index is 12.7. The largest absolute Gasteiger partial charge is 0.482 e. The van der Waals surface area contributed by atoms with Gasteiger partial charge in [-0.15, -0.1) is 0 Å². The van der Waals surface area contributed by atoms with Gasteiger partial charge in [0.05, 0.1) is 18.9 Å². The zero-order chi connectivity index (χ0) is 17.3. The molecule has 1 saturated heterocycles. The Morgan fingerprint density at radius 3 is 2.58 bits per heavy atom. The van der Waals surface area contributed by atoms with Gasteiger partial charge in [0.2, 0.25) is 5.91 Å². The first-order valence-electron chi connectivity index (χ1n) is 7.95. The summed E-state index contributed by atoms with van der Waals surface area (Å²) in [7, 11) is 0. The molecule has 3 rings (SSSR count). The van der Waals surface area contributed by atoms with Crippen LogP contribution in [0.3, 0.4) is 0 Å². The highest BCUT2D eigenvalue weighted by molar-refractivity contribution is 6.05. The Labute approximate surface area is 140 Å². The fourth-order valence-electron chi connectivity index (χ4n) is 2.97. The van der Waals surface area contributed by atoms with Gasteiger partial charge in [0.25, 0.3) is 5.91 Å². The van der Waals surface area contributed by atoms with Crippen LogP contribution in [-0.4, -0.2) is 61.4 Å². The number of anilines is 1. The minimum atomic E-state index is -0.666. The van der Waals surface area contributed by atoms with Crippen molar-refractivity contribution in [3.63, 3.8) is 0 Å². The van der Waals surface area contributed by atoms with Gasteiger partial charge < -0.3 is 14.4 Å². The number of rotatable bonds is 3. The Balaban J connectivity index is 1.92. The number of ketones is 1. The predicted molar refractivity (Wildman–Crippen MR) is 86.3 cm³/mol. The highest BCUT2D eigenvalue weighted by Crippen LogP contribution is 2.34. The summed E-state index contributed by atoms with van der Waals surface area (Å²) < 4.78 is 10.7. The zero-order valence-corrected chi connectivity index (χ0v) is 13.8. The summed E-state index contributed by atoms with van der Waals surface area (Å²) >= 11 is 0. The van der Waals surface area contributed by atoms with Gasteiger partial charge in [-0.1, -0.05) is 0 Å². The predicted octanol–water partition coefficient (Wildman–Crippen LogP) is 0.862. The Hall–Kier alpha value is -2.41. The number of carbonyl (C=O) groups excluding carboxylic acids is 3. The highest BCUT2D eigenvalue weighted by atomic mass is 16.5. The second-order valence-corrected chi connectivity index (χ2v) is 5.90. The number of amides is 2. The van der Waals surface area contributed by atoms with E-state index in [4.69, 9.17) is 9.47 Å². The molecule has 2 amide bonds. The van der Waals surface area contributed by atoms with E-state index in [1.165, 1.54) is 11.8 Å². The van der Waals surface area contributed by atoms with Crippen LogP contribution < -0.4 is 9.64 Å². The van der Waals surface area contributed by atoms with Gasteiger partial charge >= 0.3 is 0 Å². The van der Waals surface area contributed by atoms with Crippen LogP contribution in [0.5, 0.6) is 5.75 Å². The van der Waals surface area contributed by atoms with Crippen LogP contribution in [0.15, 0.2) is 18.2 Å². The fourth-order valence-corrected chi connectivity index (χ4v) is 2.97. The molecule has 128 valence electrons. The molecule has 2 aliphatic rings. The van der Waals surface area contributed by atoms with E-state index < -0.39 is 6.04 Å². The molecule has 7 nitrogen and oxygen atoms in total. The van der Waals surface area contributed by atoms with E-state index in [1.807, 2.05) is 0 Å². The third kappa shape index (κ3) is 2.99. The molecule has 0 radical (unpaired) electrons. The first-order valence-corrected chi connectivity index (χ1v) is 7.95. The minimum absolute atomic E-state index is 0.108. The Morgan fingerprint density at radius 2 is 1.92 bits per heavy atom. The van der Waals surface area contributed by atoms with Crippen LogP contribution in [0.4, 0.5) is 5.69 Å². The molecule has 0 N–H and O–H groups in total. The topological polar surface area (TPSA) is 76.2 Å². The summed E-state index contributed by atoms with van der Waals surface area (Å²) in [6.07, 6.45) is 0. The molecule has 24 heavy (non-hydrogen) atoms. The van der Waals surface area contributed by atoms with E-state index in [-0.39, 0.29) is 24.2 Å². The molecule has 0 saturated carbocycles. The van der Waals surface area contributed by atoms with Gasteiger partial charge in [-0.2, -0.15) is 0 Å². The lowest BCUT2D eigenvalue weighted by molar-refractivity contribution is -0.138. The maximum Gasteiger partial charge on any atom is 0.265 e. The van der Waals surface area contributed by atoms with Gasteiger partial charge in [-0.3, -0.25) is 19.3 Å². The molecule has 7 heteroatoms. The number of nitrogens with zero attached hydrogens (tertiary/aromatic N) is 2. The number of fused-ring (bicyclic) bond motifs is 1. The number of hydrogen-bond donors (Lipinski definition) is 0. The lowest BCUT2D eigenvalue weighted by atomic mass is 10.1. The number of ether oxygens (including phenoxy) is 2. The van der Waals surface area contributed by atoms with Crippen LogP contribution in [0, 0.1) is 0 Å². The van der Waals surface area contributed by atoms with Crippen molar-refractivity contribution in [3.05, 3.63) is 23.8 Å². The zero-order valence-electron chi connectivity index (χ0n) is 13.8. The summed E-state index contributed by atoms with van der Waals surface area (Å²) in [5, 5.41) is 0. The molecule has 0 aromatic heterocycles. The average Bonchev–Trinajstić information content (AvgIpc) is 2.60. The molecule has 2 aliphatic heterocycles. The molecule has 0 aliphatic carbocycles. The molecule has 0 bridgehead atoms. The molecule has 1 aromatic carbocycles. The molecular formula is C17H20N2O5. The number of hydrogen-bond acceptors (Lipinski definition) is 5. The second-order valence-electron chi connectivity index (χ2n) is 5.90. The van der Waals surface area contributed by atoms with Crippen molar-refractivity contribution < 1.29 is 23.9 Å². The summed E-state index contributed by atoms with van der Waals surface area (Å²) in [5.41, 5.74) is 0.941. The van der Waals surface area contributed by atoms with Crippen molar-refractivity contribution in [1.29, 1.82) is 0 Å². The third-order valence-corrected chi connectivity index (χ3v) is 4.31. The molecule has 1 atom stereocenters. The maximum absolute atomic E-state index is 12.7. The SMILES string of the molecule is CC(=O)c1ccc2c(c1)N(C(C)C(=O)N1CCOCC1)C(=O)CO2. The van der Waals surface area contributed by atoms with E-state index in [1.54, 1.807) is 30.0 Å². The Bertz CT molecular complexity index is 682. The summed E-state index contributed by atoms with van der Waals surface area (Å²) in [6, 6.07) is 4.26. The lowest BCUT2D eigenvalue weighted by Crippen LogP contribution is -2.54. The van der Waals surface area contributed by atoms with Crippen LogP contribution >= 0.6 is 0 Å². The van der Waals surface area contributed by atoms with Crippen LogP contribution in [0.25, 0.3) is 0 Å². The molecule has 1 fully saturated rings. The van der Waals surface area contributed by atoms with Gasteiger partial charge in [-0.25, -0.2) is 0 Å². The van der Waals surface area contributed by atoms with E-state index in [9.17, 15) is 14.4 Å². The van der Waals surface area contributed by atoms with Gasteiger partial charge in [0.15, 0.2) is 12.4 Å². The Kier molecular flexibility index (Phi) is 4.53. The first kappa shape index (κ1) is 16.4. The van der Waals surface area contributed by atoms with Crippen molar-refractivity contribution in [1.82, 2.24) is 4.90 Å². The van der Waals surface area contributed by atoms with E-state index in [0.29, 0.717) is 43.3 Å². The lowest BCUT2D eigenvalue weighted by Gasteiger charge is -2.37. The normalized spacial score (nSPS) is 18.7. The van der Waals surface area contributed by atoms with Gasteiger partial charge in [0, 0.05) is 18.7 Å². The fraction of sp³-hybridized carbons (Fsp3) is 0.471. The number of benzene rings is 1. The highest BCUT2D eigenvalue weighted by Gasteiger charge is 2.35. The average molecular weight is 332 g/mol. The van der Waals surface area contributed by atoms with Crippen LogP contribution in [-0.2, 0) is 14.3 Å². The summed E-state index contributed by atoms with van der Waals surface area (Å²) in [5.74, 6) is -0.0331. The van der Waals surface area contributed by atoms with Crippen molar-refractivity contribution in [2.45, 2.75) is 19.9 Å². The molecular weight excluding hydrogens is 312 g/mol. The Morgan fingerprint density at radius 1 is 1.21 bits per heavy atom. The minimum Gasteiger partial charge on any atom is -0.482 e. The van der Waals surface area contributed by atoms with Gasteiger partial charge in [-0.05, 0) is 32.0 Å². The third-order valence-electron chi connectivity index (χ3n) is 4.31. The van der Waals surface area contributed by atoms with Crippen molar-refractivity contribution in [2.75, 3.05) is 37.8 Å².